The number of carboxylic acid groups (broad SMARTS) is 1. The molecule has 0 bridgehead atoms. The molecule has 2 fully saturated rings. The van der Waals surface area contributed by atoms with Crippen molar-refractivity contribution in [1.29, 1.82) is 0 Å². The molecule has 11 atom stereocenters. The maximum absolute atomic E-state index is 14.7. The molecule has 406 valence electrons. The maximum Gasteiger partial charge on any atom is 0.326 e. The monoisotopic (exact) mass is 1030 g/mol. The van der Waals surface area contributed by atoms with Crippen LogP contribution in [0.3, 0.4) is 0 Å². The average Bonchev–Trinajstić information content (AvgIpc) is 3.95. The Hall–Kier alpha value is -4.55. The first-order chi connectivity index (χ1) is 33.9. The molecular weight excluding hydrogens is 941 g/mol. The highest BCUT2D eigenvalue weighted by molar-refractivity contribution is 8.00. The molecule has 72 heavy (non-hydrogen) atoms. The zero-order valence-electron chi connectivity index (χ0n) is 45.7. The number of likely N-dealkylation sites (tertiary alicyclic amines) is 2. The number of rotatable bonds is 30. The number of methoxy groups -OCH3 is 2. The molecule has 0 aliphatic carbocycles. The van der Waals surface area contributed by atoms with Gasteiger partial charge in [-0.2, -0.15) is 11.8 Å². The van der Waals surface area contributed by atoms with Gasteiger partial charge in [0.1, 0.15) is 18.1 Å². The second-order valence-electron chi connectivity index (χ2n) is 20.9. The van der Waals surface area contributed by atoms with Crippen LogP contribution >= 0.6 is 11.8 Å². The molecule has 2 saturated heterocycles. The molecule has 1 aromatic rings. The molecule has 1 aromatic carbocycles. The summed E-state index contributed by atoms with van der Waals surface area (Å²) in [6.07, 6.45) is 5.24. The summed E-state index contributed by atoms with van der Waals surface area (Å²) in [5.74, 6) is -5.16. The average molecular weight is 1030 g/mol. The van der Waals surface area contributed by atoms with Gasteiger partial charge in [-0.1, -0.05) is 98.6 Å². The van der Waals surface area contributed by atoms with Crippen LogP contribution in [0.5, 0.6) is 0 Å². The summed E-state index contributed by atoms with van der Waals surface area (Å²) in [4.78, 5) is 115. The molecule has 0 spiro atoms. The lowest BCUT2D eigenvalue weighted by Crippen LogP contribution is -2.60. The van der Waals surface area contributed by atoms with E-state index in [1.807, 2.05) is 67.7 Å². The van der Waals surface area contributed by atoms with Gasteiger partial charge in [-0.3, -0.25) is 38.5 Å². The Balaban J connectivity index is 1.69. The quantitative estimate of drug-likeness (QED) is 0.0616. The number of hydrogen-bond donors (Lipinski definition) is 3. The van der Waals surface area contributed by atoms with E-state index in [0.717, 1.165) is 12.0 Å². The smallest absolute Gasteiger partial charge is 0.326 e. The highest BCUT2D eigenvalue weighted by Gasteiger charge is 2.48. The summed E-state index contributed by atoms with van der Waals surface area (Å²) in [7, 11) is 6.24. The Kier molecular flexibility index (Phi) is 24.7. The van der Waals surface area contributed by atoms with Crippen molar-refractivity contribution >= 4 is 59.1 Å². The second-order valence-corrected chi connectivity index (χ2v) is 22.3. The number of nitrogens with zero attached hydrogens (tertiary/aromatic N) is 4. The first-order valence-corrected chi connectivity index (χ1v) is 27.3. The topological polar surface area (TPSA) is 212 Å². The second kappa shape index (κ2) is 28.8. The number of nitrogens with one attached hydrogen (secondary N) is 2. The van der Waals surface area contributed by atoms with Crippen molar-refractivity contribution in [3.8, 4) is 0 Å². The number of carbonyl (C=O) groups excluding carboxylic acids is 7. The number of unbranched alkanes of at least 4 members (excludes halogenated alkanes) is 2. The fraction of sp³-hybridized carbons (Fsp3) is 0.741. The van der Waals surface area contributed by atoms with Crippen molar-refractivity contribution in [3.05, 3.63) is 35.9 Å². The van der Waals surface area contributed by atoms with Gasteiger partial charge in [0, 0.05) is 65.4 Å². The number of likely N-dealkylation sites (N-methyl/N-ethyl adjacent to an activating group) is 2. The Morgan fingerprint density at radius 1 is 0.889 bits per heavy atom. The minimum atomic E-state index is -1.16. The number of benzene rings is 1. The number of carboxylic acids is 1. The Morgan fingerprint density at radius 2 is 1.54 bits per heavy atom. The zero-order chi connectivity index (χ0) is 54.2. The molecule has 3 N–H and O–H groups in total. The number of thioether (sulfide) groups is 1. The Labute approximate surface area is 434 Å². The normalized spacial score (nSPS) is 20.3. The molecular formula is C54H88N6O11S. The Morgan fingerprint density at radius 3 is 2.08 bits per heavy atom. The highest BCUT2D eigenvalue weighted by atomic mass is 32.2. The third-order valence-electron chi connectivity index (χ3n) is 15.5. The molecule has 0 saturated carbocycles. The van der Waals surface area contributed by atoms with Gasteiger partial charge < -0.3 is 39.9 Å². The fourth-order valence-corrected chi connectivity index (χ4v) is 11.3. The van der Waals surface area contributed by atoms with Crippen LogP contribution < -0.4 is 10.6 Å². The van der Waals surface area contributed by atoms with Crippen LogP contribution in [-0.2, 0) is 54.3 Å². The van der Waals surface area contributed by atoms with Gasteiger partial charge in [-0.25, -0.2) is 4.79 Å². The molecule has 0 aromatic heterocycles. The van der Waals surface area contributed by atoms with E-state index < -0.39 is 66.1 Å². The largest absolute Gasteiger partial charge is 0.480 e. The standard InChI is InChI=1S/C54H88N6O11S/c1-15-35(7)47(41(70-12)32-44(63)59-29-23-26-40(59)48(71-13)36(8)49(64)55-39(53(68)69)30-37-24-19-17-20-25-37)58(11)52(67)45(33(3)4)56-50(65)46(34(5)6)57(10)42(61)27-21-18-22-28-60-43(62)31-38(51(60)66)54(9,16-2)72-14/h17,19-20,24-25,33-36,38-41,45-48H,15-16,18,21-23,26-32H2,1-14H3,(H,55,64)(H,56,65)(H,68,69)/t35?,36-,38?,39+,40+,41-,45+,46?,47+,48?,54?/m1/s1. The minimum absolute atomic E-state index is 0.0819. The van der Waals surface area contributed by atoms with Crippen LogP contribution in [-0.4, -0.2) is 167 Å². The van der Waals surface area contributed by atoms with Gasteiger partial charge in [0.15, 0.2) is 0 Å². The van der Waals surface area contributed by atoms with E-state index in [4.69, 9.17) is 9.47 Å². The predicted molar refractivity (Wildman–Crippen MR) is 280 cm³/mol. The van der Waals surface area contributed by atoms with Crippen molar-refractivity contribution in [2.24, 2.45) is 29.6 Å². The SMILES string of the molecule is CCC(C)[C@@H]([C@@H](CC(=O)N1CCC[C@H]1C(OC)[C@@H](C)C(=O)N[C@@H](Cc1ccccc1)C(=O)O)OC)N(C)C(=O)[C@@H](NC(=O)C(C(C)C)N(C)C(=O)CCCCCN1C(=O)CC(C(C)(CC)SC)C1=O)C(C)C. The van der Waals surface area contributed by atoms with Crippen molar-refractivity contribution < 1.29 is 52.9 Å². The molecule has 2 heterocycles. The molecule has 2 aliphatic heterocycles. The van der Waals surface area contributed by atoms with Crippen molar-refractivity contribution in [3.63, 3.8) is 0 Å². The predicted octanol–water partition coefficient (Wildman–Crippen LogP) is 5.81. The third kappa shape index (κ3) is 15.7. The van der Waals surface area contributed by atoms with Crippen LogP contribution in [0.15, 0.2) is 30.3 Å². The van der Waals surface area contributed by atoms with Crippen LogP contribution in [0.1, 0.15) is 132 Å². The lowest BCUT2D eigenvalue weighted by molar-refractivity contribution is -0.149. The number of hydrogen-bond acceptors (Lipinski definition) is 11. The van der Waals surface area contributed by atoms with Gasteiger partial charge in [-0.15, -0.1) is 0 Å². The number of imide groups is 1. The van der Waals surface area contributed by atoms with Gasteiger partial charge >= 0.3 is 5.97 Å². The first kappa shape index (κ1) is 61.7. The molecule has 2 aliphatic rings. The lowest BCUT2D eigenvalue weighted by Gasteiger charge is -2.41. The number of carbonyl (C=O) groups is 8. The van der Waals surface area contributed by atoms with Crippen LogP contribution in [0.25, 0.3) is 0 Å². The number of ether oxygens (including phenoxy) is 2. The van der Waals surface area contributed by atoms with E-state index in [2.05, 4.69) is 10.6 Å². The summed E-state index contributed by atoms with van der Waals surface area (Å²) in [6, 6.07) is 4.97. The van der Waals surface area contributed by atoms with Crippen molar-refractivity contribution in [1.82, 2.24) is 30.2 Å². The van der Waals surface area contributed by atoms with E-state index in [9.17, 15) is 43.5 Å². The van der Waals surface area contributed by atoms with Crippen LogP contribution in [0, 0.1) is 29.6 Å². The maximum atomic E-state index is 14.7. The van der Waals surface area contributed by atoms with E-state index in [0.29, 0.717) is 51.6 Å². The number of amides is 7. The first-order valence-electron chi connectivity index (χ1n) is 26.1. The van der Waals surface area contributed by atoms with E-state index in [1.165, 1.54) is 24.0 Å². The molecule has 7 amide bonds. The third-order valence-corrected chi connectivity index (χ3v) is 17.0. The van der Waals surface area contributed by atoms with Crippen molar-refractivity contribution in [2.75, 3.05) is 47.7 Å². The summed E-state index contributed by atoms with van der Waals surface area (Å²) in [5.41, 5.74) is 0.763. The van der Waals surface area contributed by atoms with Crippen LogP contribution in [0.4, 0.5) is 0 Å². The van der Waals surface area contributed by atoms with Gasteiger partial charge in [-0.05, 0) is 68.6 Å². The summed E-state index contributed by atoms with van der Waals surface area (Å²) >= 11 is 1.62. The molecule has 5 unspecified atom stereocenters. The van der Waals surface area contributed by atoms with Gasteiger partial charge in [0.05, 0.1) is 42.5 Å². The van der Waals surface area contributed by atoms with Gasteiger partial charge in [0.2, 0.25) is 41.4 Å². The van der Waals surface area contributed by atoms with E-state index in [-0.39, 0.29) is 83.6 Å². The Bertz CT molecular complexity index is 1980. The molecule has 17 nitrogen and oxygen atoms in total. The fourth-order valence-electron chi connectivity index (χ4n) is 10.5. The van der Waals surface area contributed by atoms with E-state index >= 15 is 0 Å². The summed E-state index contributed by atoms with van der Waals surface area (Å²) in [6.45, 7) is 17.8. The highest BCUT2D eigenvalue weighted by Crippen LogP contribution is 2.41. The number of aliphatic carboxylic acids is 1. The summed E-state index contributed by atoms with van der Waals surface area (Å²) < 4.78 is 11.7. The summed E-state index contributed by atoms with van der Waals surface area (Å²) in [5, 5.41) is 15.6. The molecule has 0 radical (unpaired) electrons. The molecule has 18 heteroatoms. The minimum Gasteiger partial charge on any atom is -0.480 e. The lowest BCUT2D eigenvalue weighted by atomic mass is 9.89. The van der Waals surface area contributed by atoms with Gasteiger partial charge in [0.25, 0.3) is 0 Å². The van der Waals surface area contributed by atoms with E-state index in [1.54, 1.807) is 66.8 Å². The zero-order valence-corrected chi connectivity index (χ0v) is 46.6. The molecule has 3 rings (SSSR count). The van der Waals surface area contributed by atoms with Crippen molar-refractivity contribution in [2.45, 2.75) is 180 Å². The van der Waals surface area contributed by atoms with Crippen LogP contribution in [0.2, 0.25) is 0 Å².